The van der Waals surface area contributed by atoms with Crippen molar-refractivity contribution in [1.82, 2.24) is 14.9 Å². The molecular weight excluding hydrogens is 380 g/mol. The van der Waals surface area contributed by atoms with E-state index in [1.54, 1.807) is 18.0 Å². The number of aryl methyl sites for hydroxylation is 1. The van der Waals surface area contributed by atoms with Gasteiger partial charge in [0, 0.05) is 6.42 Å². The third-order valence-electron chi connectivity index (χ3n) is 3.06. The monoisotopic (exact) mass is 398 g/mol. The van der Waals surface area contributed by atoms with E-state index in [0.29, 0.717) is 22.9 Å². The van der Waals surface area contributed by atoms with Gasteiger partial charge in [0.2, 0.25) is 4.77 Å². The summed E-state index contributed by atoms with van der Waals surface area (Å²) in [5.41, 5.74) is 0.864. The molecule has 1 N–H and O–H groups in total. The van der Waals surface area contributed by atoms with E-state index in [4.69, 9.17) is 21.7 Å². The molecule has 1 aromatic carbocycles. The fourth-order valence-corrected chi connectivity index (χ4v) is 2.73. The Bertz CT molecular complexity index is 754. The molecule has 2 aromatic rings. The number of hydrogen-bond acceptors (Lipinski definition) is 5. The second kappa shape index (κ2) is 8.26. The number of aromatic amines is 1. The molecule has 0 spiro atoms. The maximum atomic E-state index is 5.72. The van der Waals surface area contributed by atoms with Crippen LogP contribution >= 0.6 is 28.1 Å². The first-order chi connectivity index (χ1) is 11.1. The van der Waals surface area contributed by atoms with Gasteiger partial charge in [-0.2, -0.15) is 14.9 Å². The van der Waals surface area contributed by atoms with Crippen LogP contribution in [0.1, 0.15) is 31.7 Å². The summed E-state index contributed by atoms with van der Waals surface area (Å²) in [4.78, 5) is 0. The zero-order valence-corrected chi connectivity index (χ0v) is 15.7. The van der Waals surface area contributed by atoms with Crippen molar-refractivity contribution >= 4 is 34.4 Å². The molecule has 0 aliphatic rings. The molecule has 8 heteroatoms. The third kappa shape index (κ3) is 4.20. The van der Waals surface area contributed by atoms with Gasteiger partial charge in [-0.25, -0.2) is 0 Å². The Morgan fingerprint density at radius 1 is 1.43 bits per heavy atom. The summed E-state index contributed by atoms with van der Waals surface area (Å²) in [6.07, 6.45) is 3.37. The lowest BCUT2D eigenvalue weighted by atomic mass is 10.2. The van der Waals surface area contributed by atoms with Gasteiger partial charge in [0.15, 0.2) is 17.3 Å². The van der Waals surface area contributed by atoms with Gasteiger partial charge >= 0.3 is 0 Å². The zero-order chi connectivity index (χ0) is 16.8. The molecule has 0 unspecified atom stereocenters. The van der Waals surface area contributed by atoms with E-state index < -0.39 is 0 Å². The molecule has 124 valence electrons. The van der Waals surface area contributed by atoms with E-state index in [1.807, 2.05) is 19.1 Å². The Kier molecular flexibility index (Phi) is 6.35. The van der Waals surface area contributed by atoms with E-state index in [2.05, 4.69) is 38.2 Å². The van der Waals surface area contributed by atoms with Crippen LogP contribution in [0.25, 0.3) is 0 Å². The Labute approximate surface area is 148 Å². The minimum atomic E-state index is 0.465. The summed E-state index contributed by atoms with van der Waals surface area (Å²) in [5, 5.41) is 11.3. The molecule has 0 bridgehead atoms. The van der Waals surface area contributed by atoms with E-state index in [1.165, 1.54) is 0 Å². The molecule has 1 aromatic heterocycles. The number of rotatable bonds is 7. The molecule has 0 amide bonds. The van der Waals surface area contributed by atoms with Crippen molar-refractivity contribution in [1.29, 1.82) is 0 Å². The summed E-state index contributed by atoms with van der Waals surface area (Å²) >= 11 is 8.69. The molecule has 0 atom stereocenters. The van der Waals surface area contributed by atoms with Crippen LogP contribution in [0.15, 0.2) is 21.7 Å². The normalized spacial score (nSPS) is 11.1. The summed E-state index contributed by atoms with van der Waals surface area (Å²) in [7, 11) is 1.61. The third-order valence-corrected chi connectivity index (χ3v) is 3.91. The predicted octanol–water partition coefficient (Wildman–Crippen LogP) is 3.95. The summed E-state index contributed by atoms with van der Waals surface area (Å²) in [5.74, 6) is 2.13. The highest BCUT2D eigenvalue weighted by Crippen LogP contribution is 2.36. The maximum absolute atomic E-state index is 5.72. The molecule has 0 radical (unpaired) electrons. The maximum Gasteiger partial charge on any atom is 0.216 e. The number of halogens is 1. The smallest absolute Gasteiger partial charge is 0.216 e. The van der Waals surface area contributed by atoms with Crippen molar-refractivity contribution < 1.29 is 9.47 Å². The molecule has 0 aliphatic heterocycles. The average molecular weight is 399 g/mol. The number of hydrogen-bond donors (Lipinski definition) is 1. The first-order valence-corrected chi connectivity index (χ1v) is 8.51. The number of nitrogens with zero attached hydrogens (tertiary/aromatic N) is 3. The highest BCUT2D eigenvalue weighted by Gasteiger charge is 2.11. The van der Waals surface area contributed by atoms with Crippen LogP contribution in [0.3, 0.4) is 0 Å². The second-order valence-corrected chi connectivity index (χ2v) is 5.98. The van der Waals surface area contributed by atoms with Crippen molar-refractivity contribution in [3.63, 3.8) is 0 Å². The SMILES string of the molecule is CCCOc1c(Br)cc(/C=N\n2c(CC)n[nH]c2=S)cc1OC. The topological polar surface area (TPSA) is 64.4 Å². The number of aromatic nitrogens is 3. The Morgan fingerprint density at radius 3 is 2.87 bits per heavy atom. The Hall–Kier alpha value is -1.67. The van der Waals surface area contributed by atoms with Crippen LogP contribution in [-0.4, -0.2) is 34.8 Å². The second-order valence-electron chi connectivity index (χ2n) is 4.74. The van der Waals surface area contributed by atoms with E-state index in [-0.39, 0.29) is 0 Å². The fourth-order valence-electron chi connectivity index (χ4n) is 1.96. The summed E-state index contributed by atoms with van der Waals surface area (Å²) < 4.78 is 14.0. The predicted molar refractivity (Wildman–Crippen MR) is 96.3 cm³/mol. The van der Waals surface area contributed by atoms with Gasteiger partial charge in [-0.05, 0) is 52.3 Å². The molecular formula is C15H19BrN4O2S. The number of methoxy groups -OCH3 is 1. The van der Waals surface area contributed by atoms with Gasteiger partial charge < -0.3 is 9.47 Å². The van der Waals surface area contributed by atoms with Gasteiger partial charge in [-0.1, -0.05) is 13.8 Å². The summed E-state index contributed by atoms with van der Waals surface area (Å²) in [6.45, 7) is 4.68. The number of ether oxygens (including phenoxy) is 2. The molecule has 2 rings (SSSR count). The van der Waals surface area contributed by atoms with Crippen LogP contribution in [0.2, 0.25) is 0 Å². The largest absolute Gasteiger partial charge is 0.493 e. The van der Waals surface area contributed by atoms with Gasteiger partial charge in [0.25, 0.3) is 0 Å². The van der Waals surface area contributed by atoms with E-state index in [0.717, 1.165) is 28.7 Å². The van der Waals surface area contributed by atoms with Crippen molar-refractivity contribution in [2.24, 2.45) is 5.10 Å². The fraction of sp³-hybridized carbons (Fsp3) is 0.400. The van der Waals surface area contributed by atoms with Crippen molar-refractivity contribution in [2.75, 3.05) is 13.7 Å². The molecule has 0 fully saturated rings. The Morgan fingerprint density at radius 2 is 2.22 bits per heavy atom. The molecule has 23 heavy (non-hydrogen) atoms. The number of nitrogens with one attached hydrogen (secondary N) is 1. The van der Waals surface area contributed by atoms with Crippen molar-refractivity contribution in [3.05, 3.63) is 32.8 Å². The van der Waals surface area contributed by atoms with Crippen LogP contribution in [0.5, 0.6) is 11.5 Å². The first-order valence-electron chi connectivity index (χ1n) is 7.31. The van der Waals surface area contributed by atoms with Crippen LogP contribution in [0.4, 0.5) is 0 Å². The lowest BCUT2D eigenvalue weighted by Crippen LogP contribution is -2.00. The van der Waals surface area contributed by atoms with Gasteiger partial charge in [-0.15, -0.1) is 0 Å². The van der Waals surface area contributed by atoms with Crippen LogP contribution in [0, 0.1) is 4.77 Å². The van der Waals surface area contributed by atoms with Crippen molar-refractivity contribution in [3.8, 4) is 11.5 Å². The molecule has 0 saturated heterocycles. The molecule has 0 aliphatic carbocycles. The quantitative estimate of drug-likeness (QED) is 0.566. The average Bonchev–Trinajstić information content (AvgIpc) is 2.91. The first kappa shape index (κ1) is 17.7. The van der Waals surface area contributed by atoms with E-state index in [9.17, 15) is 0 Å². The van der Waals surface area contributed by atoms with Crippen LogP contribution < -0.4 is 9.47 Å². The minimum absolute atomic E-state index is 0.465. The minimum Gasteiger partial charge on any atom is -0.493 e. The lowest BCUT2D eigenvalue weighted by molar-refractivity contribution is 0.292. The number of H-pyrrole nitrogens is 1. The standard InChI is InChI=1S/C15H19BrN4O2S/c1-4-6-22-14-11(16)7-10(8-12(14)21-3)9-17-20-13(5-2)18-19-15(20)23/h7-9H,4-6H2,1-3H3,(H,19,23)/b17-9-. The van der Waals surface area contributed by atoms with Gasteiger partial charge in [0.05, 0.1) is 24.4 Å². The molecule has 1 heterocycles. The zero-order valence-electron chi connectivity index (χ0n) is 13.3. The van der Waals surface area contributed by atoms with Gasteiger partial charge in [-0.3, -0.25) is 5.10 Å². The summed E-state index contributed by atoms with van der Waals surface area (Å²) in [6, 6.07) is 3.79. The van der Waals surface area contributed by atoms with E-state index >= 15 is 0 Å². The molecule has 0 saturated carbocycles. The lowest BCUT2D eigenvalue weighted by Gasteiger charge is -2.12. The number of benzene rings is 1. The Balaban J connectivity index is 2.33. The molecule has 6 nitrogen and oxygen atoms in total. The van der Waals surface area contributed by atoms with Gasteiger partial charge in [0.1, 0.15) is 0 Å². The highest BCUT2D eigenvalue weighted by atomic mass is 79.9. The highest BCUT2D eigenvalue weighted by molar-refractivity contribution is 9.10. The van der Waals surface area contributed by atoms with Crippen LogP contribution in [-0.2, 0) is 6.42 Å². The van der Waals surface area contributed by atoms with Crippen molar-refractivity contribution in [2.45, 2.75) is 26.7 Å².